The molecule has 2 amide bonds. The Balaban J connectivity index is 1.66. The van der Waals surface area contributed by atoms with Gasteiger partial charge in [-0.15, -0.1) is 0 Å². The van der Waals surface area contributed by atoms with Crippen molar-refractivity contribution in [2.75, 3.05) is 0 Å². The fourth-order valence-corrected chi connectivity index (χ4v) is 2.70. The maximum Gasteiger partial charge on any atom is 0.270 e. The van der Waals surface area contributed by atoms with Crippen LogP contribution in [0.15, 0.2) is 60.7 Å². The van der Waals surface area contributed by atoms with Gasteiger partial charge >= 0.3 is 0 Å². The van der Waals surface area contributed by atoms with Gasteiger partial charge in [-0.3, -0.25) is 9.59 Å². The third kappa shape index (κ3) is 4.70. The molecule has 2 aromatic carbocycles. The molecule has 0 radical (unpaired) electrons. The van der Waals surface area contributed by atoms with Crippen molar-refractivity contribution in [3.05, 3.63) is 77.5 Å². The van der Waals surface area contributed by atoms with Crippen LogP contribution in [-0.2, 0) is 6.54 Å². The van der Waals surface area contributed by atoms with E-state index in [0.717, 1.165) is 22.9 Å². The molecular formula is C22H23N3O2. The molecule has 0 spiro atoms. The summed E-state index contributed by atoms with van der Waals surface area (Å²) < 4.78 is 0. The largest absolute Gasteiger partial charge is 0.350 e. The molecule has 0 unspecified atom stereocenters. The number of rotatable bonds is 6. The number of aromatic nitrogens is 1. The van der Waals surface area contributed by atoms with E-state index in [4.69, 9.17) is 0 Å². The zero-order valence-electron chi connectivity index (χ0n) is 15.5. The summed E-state index contributed by atoms with van der Waals surface area (Å²) in [7, 11) is 0. The van der Waals surface area contributed by atoms with Crippen molar-refractivity contribution >= 4 is 22.7 Å². The smallest absolute Gasteiger partial charge is 0.270 e. The first-order chi connectivity index (χ1) is 13.1. The van der Waals surface area contributed by atoms with Crippen LogP contribution in [0.5, 0.6) is 0 Å². The quantitative estimate of drug-likeness (QED) is 0.703. The van der Waals surface area contributed by atoms with E-state index in [1.807, 2.05) is 56.3 Å². The van der Waals surface area contributed by atoms with Gasteiger partial charge in [-0.05, 0) is 43.2 Å². The maximum absolute atomic E-state index is 12.4. The Labute approximate surface area is 158 Å². The number of amides is 2. The highest BCUT2D eigenvalue weighted by molar-refractivity contribution is 5.95. The van der Waals surface area contributed by atoms with E-state index >= 15 is 0 Å². The molecule has 0 aliphatic heterocycles. The molecule has 0 saturated carbocycles. The van der Waals surface area contributed by atoms with Gasteiger partial charge in [0.1, 0.15) is 5.69 Å². The van der Waals surface area contributed by atoms with Crippen LogP contribution in [-0.4, -0.2) is 22.8 Å². The molecule has 1 heterocycles. The topological polar surface area (TPSA) is 71.1 Å². The lowest BCUT2D eigenvalue weighted by atomic mass is 10.1. The average molecular weight is 361 g/mol. The lowest BCUT2D eigenvalue weighted by Crippen LogP contribution is -2.32. The number of hydrogen-bond acceptors (Lipinski definition) is 3. The number of nitrogens with one attached hydrogen (secondary N) is 2. The van der Waals surface area contributed by atoms with E-state index in [1.165, 1.54) is 0 Å². The summed E-state index contributed by atoms with van der Waals surface area (Å²) in [5.41, 5.74) is 2.61. The first-order valence-corrected chi connectivity index (χ1v) is 9.10. The minimum Gasteiger partial charge on any atom is -0.350 e. The molecule has 27 heavy (non-hydrogen) atoms. The summed E-state index contributed by atoms with van der Waals surface area (Å²) in [6.45, 7) is 4.33. The van der Waals surface area contributed by atoms with E-state index in [1.54, 1.807) is 18.2 Å². The standard InChI is InChI=1S/C22H23N3O2/c1-3-15(2)24-21(26)18-9-6-7-16(13-18)14-23-22(27)20-12-11-17-8-4-5-10-19(17)25-20/h4-13,15H,3,14H2,1-2H3,(H,23,27)(H,24,26)/t15-/m0/s1. The number of para-hydroxylation sites is 1. The molecule has 2 N–H and O–H groups in total. The molecule has 0 bridgehead atoms. The zero-order chi connectivity index (χ0) is 19.2. The van der Waals surface area contributed by atoms with Crippen molar-refractivity contribution < 1.29 is 9.59 Å². The number of pyridine rings is 1. The molecule has 1 aromatic heterocycles. The highest BCUT2D eigenvalue weighted by Crippen LogP contribution is 2.12. The van der Waals surface area contributed by atoms with E-state index in [9.17, 15) is 9.59 Å². The van der Waals surface area contributed by atoms with Gasteiger partial charge in [0.2, 0.25) is 0 Å². The number of hydrogen-bond donors (Lipinski definition) is 2. The third-order valence-electron chi connectivity index (χ3n) is 4.46. The summed E-state index contributed by atoms with van der Waals surface area (Å²) in [6, 6.07) is 18.7. The van der Waals surface area contributed by atoms with E-state index < -0.39 is 0 Å². The van der Waals surface area contributed by atoms with E-state index in [0.29, 0.717) is 17.8 Å². The van der Waals surface area contributed by atoms with Crippen LogP contribution in [0, 0.1) is 0 Å². The Kier molecular flexibility index (Phi) is 5.81. The van der Waals surface area contributed by atoms with Crippen LogP contribution >= 0.6 is 0 Å². The first-order valence-electron chi connectivity index (χ1n) is 9.10. The zero-order valence-corrected chi connectivity index (χ0v) is 15.5. The average Bonchev–Trinajstić information content (AvgIpc) is 2.71. The Hall–Kier alpha value is -3.21. The van der Waals surface area contributed by atoms with Gasteiger partial charge in [0.15, 0.2) is 0 Å². The molecule has 5 nitrogen and oxygen atoms in total. The van der Waals surface area contributed by atoms with E-state index in [-0.39, 0.29) is 17.9 Å². The van der Waals surface area contributed by atoms with Gasteiger partial charge in [0.25, 0.3) is 11.8 Å². The Morgan fingerprint density at radius 3 is 2.63 bits per heavy atom. The van der Waals surface area contributed by atoms with Crippen molar-refractivity contribution in [3.8, 4) is 0 Å². The van der Waals surface area contributed by atoms with Crippen LogP contribution in [0.25, 0.3) is 10.9 Å². The van der Waals surface area contributed by atoms with Crippen LogP contribution in [0.3, 0.4) is 0 Å². The predicted molar refractivity (Wildman–Crippen MR) is 107 cm³/mol. The number of fused-ring (bicyclic) bond motifs is 1. The summed E-state index contributed by atoms with van der Waals surface area (Å²) >= 11 is 0. The molecule has 0 saturated heterocycles. The summed E-state index contributed by atoms with van der Waals surface area (Å²) in [5.74, 6) is -0.344. The normalized spacial score (nSPS) is 11.8. The second-order valence-electron chi connectivity index (χ2n) is 6.56. The fraction of sp³-hybridized carbons (Fsp3) is 0.227. The Morgan fingerprint density at radius 2 is 1.81 bits per heavy atom. The number of benzene rings is 2. The lowest BCUT2D eigenvalue weighted by molar-refractivity contribution is 0.0936. The fourth-order valence-electron chi connectivity index (χ4n) is 2.70. The minimum absolute atomic E-state index is 0.103. The van der Waals surface area contributed by atoms with Gasteiger partial charge in [-0.2, -0.15) is 0 Å². The van der Waals surface area contributed by atoms with Crippen molar-refractivity contribution in [2.24, 2.45) is 0 Å². The third-order valence-corrected chi connectivity index (χ3v) is 4.46. The molecule has 0 aliphatic rings. The molecule has 138 valence electrons. The van der Waals surface area contributed by atoms with Crippen LogP contribution < -0.4 is 10.6 Å². The molecule has 0 fully saturated rings. The molecule has 5 heteroatoms. The first kappa shape index (κ1) is 18.6. The Morgan fingerprint density at radius 1 is 1.00 bits per heavy atom. The van der Waals surface area contributed by atoms with Gasteiger partial charge in [-0.1, -0.05) is 43.3 Å². The highest BCUT2D eigenvalue weighted by Gasteiger charge is 2.11. The van der Waals surface area contributed by atoms with Gasteiger partial charge < -0.3 is 10.6 Å². The Bertz CT molecular complexity index is 968. The van der Waals surface area contributed by atoms with Gasteiger partial charge in [0, 0.05) is 23.5 Å². The minimum atomic E-state index is -0.241. The second kappa shape index (κ2) is 8.45. The summed E-state index contributed by atoms with van der Waals surface area (Å²) in [4.78, 5) is 29.1. The number of carbonyl (C=O) groups excluding carboxylic acids is 2. The highest BCUT2D eigenvalue weighted by atomic mass is 16.2. The molecule has 3 aromatic rings. The molecular weight excluding hydrogens is 338 g/mol. The van der Waals surface area contributed by atoms with Crippen molar-refractivity contribution in [1.29, 1.82) is 0 Å². The van der Waals surface area contributed by atoms with Crippen molar-refractivity contribution in [1.82, 2.24) is 15.6 Å². The summed E-state index contributed by atoms with van der Waals surface area (Å²) in [6.07, 6.45) is 0.875. The van der Waals surface area contributed by atoms with Crippen LogP contribution in [0.2, 0.25) is 0 Å². The SMILES string of the molecule is CC[C@H](C)NC(=O)c1cccc(CNC(=O)c2ccc3ccccc3n2)c1. The monoisotopic (exact) mass is 361 g/mol. The molecule has 0 aliphatic carbocycles. The lowest BCUT2D eigenvalue weighted by Gasteiger charge is -2.12. The van der Waals surface area contributed by atoms with Gasteiger partial charge in [-0.25, -0.2) is 4.98 Å². The van der Waals surface area contributed by atoms with Crippen LogP contribution in [0.4, 0.5) is 0 Å². The second-order valence-corrected chi connectivity index (χ2v) is 6.56. The molecule has 1 atom stereocenters. The summed E-state index contributed by atoms with van der Waals surface area (Å²) in [5, 5.41) is 6.80. The van der Waals surface area contributed by atoms with Gasteiger partial charge in [0.05, 0.1) is 5.52 Å². The number of carbonyl (C=O) groups is 2. The predicted octanol–water partition coefficient (Wildman–Crippen LogP) is 3.69. The van der Waals surface area contributed by atoms with E-state index in [2.05, 4.69) is 15.6 Å². The number of nitrogens with zero attached hydrogens (tertiary/aromatic N) is 1. The maximum atomic E-state index is 12.4. The van der Waals surface area contributed by atoms with Crippen LogP contribution in [0.1, 0.15) is 46.7 Å². The van der Waals surface area contributed by atoms with Crippen molar-refractivity contribution in [3.63, 3.8) is 0 Å². The molecule has 3 rings (SSSR count). The van der Waals surface area contributed by atoms with Crippen molar-refractivity contribution in [2.45, 2.75) is 32.9 Å².